The minimum absolute atomic E-state index is 0.0775. The number of hydrogen-bond donors (Lipinski definition) is 5. The van der Waals surface area contributed by atoms with Crippen LogP contribution in [0.1, 0.15) is 0 Å². The van der Waals surface area contributed by atoms with E-state index in [4.69, 9.17) is 10.8 Å². The number of carboxylic acids is 1. The molecule has 7 nitrogen and oxygen atoms in total. The van der Waals surface area contributed by atoms with Crippen LogP contribution in [-0.4, -0.2) is 30.6 Å². The van der Waals surface area contributed by atoms with Crippen molar-refractivity contribution in [1.82, 2.24) is 16.3 Å². The molecule has 0 atom stereocenters. The van der Waals surface area contributed by atoms with Crippen LogP contribution in [0.4, 0.5) is 0 Å². The summed E-state index contributed by atoms with van der Waals surface area (Å²) in [5.74, 6) is -0.917. The van der Waals surface area contributed by atoms with E-state index in [0.29, 0.717) is 0 Å². The largest absolute Gasteiger partial charge is 0.480 e. The number of hydrazine groups is 1. The van der Waals surface area contributed by atoms with Crippen LogP contribution in [0.3, 0.4) is 0 Å². The van der Waals surface area contributed by atoms with Crippen molar-refractivity contribution in [3.8, 4) is 0 Å². The summed E-state index contributed by atoms with van der Waals surface area (Å²) in [5, 5.41) is 11.6. The number of nitrogens with two attached hydrogens (primary N) is 1. The summed E-state index contributed by atoms with van der Waals surface area (Å²) in [5.41, 5.74) is 12.4. The normalized spacial score (nSPS) is 10.8. The van der Waals surface area contributed by atoms with Gasteiger partial charge in [-0.25, -0.2) is 5.43 Å². The van der Waals surface area contributed by atoms with Gasteiger partial charge in [-0.05, 0) is 0 Å². The van der Waals surface area contributed by atoms with Crippen LogP contribution >= 0.6 is 0 Å². The maximum absolute atomic E-state index is 9.93. The van der Waals surface area contributed by atoms with Gasteiger partial charge in [0, 0.05) is 7.05 Å². The van der Waals surface area contributed by atoms with Crippen LogP contribution in [-0.2, 0) is 4.79 Å². The summed E-state index contributed by atoms with van der Waals surface area (Å²) in [6.07, 6.45) is 0. The van der Waals surface area contributed by atoms with E-state index in [-0.39, 0.29) is 12.5 Å². The van der Waals surface area contributed by atoms with Gasteiger partial charge in [0.05, 0.1) is 0 Å². The number of guanidine groups is 1. The molecule has 0 aromatic rings. The molecule has 0 aliphatic carbocycles. The van der Waals surface area contributed by atoms with Crippen molar-refractivity contribution in [2.75, 3.05) is 13.6 Å². The Labute approximate surface area is 63.6 Å². The van der Waals surface area contributed by atoms with Gasteiger partial charge in [0.1, 0.15) is 6.54 Å². The molecule has 0 aromatic heterocycles. The third kappa shape index (κ3) is 6.38. The molecule has 7 heteroatoms. The van der Waals surface area contributed by atoms with E-state index >= 15 is 0 Å². The molecule has 0 amide bonds. The Morgan fingerprint density at radius 1 is 1.73 bits per heavy atom. The Bertz CT molecular complexity index is 157. The average molecular weight is 161 g/mol. The van der Waals surface area contributed by atoms with Crippen LogP contribution in [0.15, 0.2) is 5.10 Å². The highest BCUT2D eigenvalue weighted by Gasteiger charge is 1.92. The van der Waals surface area contributed by atoms with Gasteiger partial charge in [0.2, 0.25) is 5.96 Å². The number of nitrogens with one attached hydrogen (secondary N) is 3. The van der Waals surface area contributed by atoms with Gasteiger partial charge < -0.3 is 10.8 Å². The Morgan fingerprint density at radius 3 is 2.82 bits per heavy atom. The molecule has 0 aliphatic heterocycles. The Balaban J connectivity index is 3.47. The molecule has 64 valence electrons. The molecule has 0 fully saturated rings. The molecular formula is C4H11N5O2. The molecule has 0 saturated carbocycles. The maximum Gasteiger partial charge on any atom is 0.324 e. The van der Waals surface area contributed by atoms with Gasteiger partial charge in [-0.2, -0.15) is 0 Å². The number of carboxylic acid groups (broad SMARTS) is 1. The van der Waals surface area contributed by atoms with E-state index in [1.54, 1.807) is 7.05 Å². The molecule has 11 heavy (non-hydrogen) atoms. The Hall–Kier alpha value is -1.50. The fourth-order valence-electron chi connectivity index (χ4n) is 0.348. The van der Waals surface area contributed by atoms with Crippen molar-refractivity contribution < 1.29 is 9.90 Å². The average Bonchev–Trinajstić information content (AvgIpc) is 1.87. The first kappa shape index (κ1) is 9.50. The van der Waals surface area contributed by atoms with Gasteiger partial charge in [-0.3, -0.25) is 15.6 Å². The first-order valence-electron chi connectivity index (χ1n) is 2.87. The van der Waals surface area contributed by atoms with Crippen LogP contribution in [0.5, 0.6) is 0 Å². The molecule has 0 aliphatic rings. The van der Waals surface area contributed by atoms with Crippen molar-refractivity contribution in [2.24, 2.45) is 10.8 Å². The topological polar surface area (TPSA) is 112 Å². The zero-order valence-electron chi connectivity index (χ0n) is 6.09. The van der Waals surface area contributed by atoms with E-state index in [0.717, 1.165) is 0 Å². The van der Waals surface area contributed by atoms with E-state index in [1.807, 2.05) is 0 Å². The van der Waals surface area contributed by atoms with E-state index in [1.165, 1.54) is 0 Å². The number of hydrazone groups is 1. The molecule has 0 rings (SSSR count). The van der Waals surface area contributed by atoms with Crippen molar-refractivity contribution in [2.45, 2.75) is 0 Å². The first-order valence-corrected chi connectivity index (χ1v) is 2.87. The lowest BCUT2D eigenvalue weighted by molar-refractivity contribution is -0.135. The Kier molecular flexibility index (Phi) is 4.58. The molecule has 0 radical (unpaired) electrons. The lowest BCUT2D eigenvalue weighted by atomic mass is 10.7. The summed E-state index contributed by atoms with van der Waals surface area (Å²) >= 11 is 0. The molecule has 0 unspecified atom stereocenters. The molecule has 0 saturated heterocycles. The van der Waals surface area contributed by atoms with Gasteiger partial charge in [0.15, 0.2) is 0 Å². The highest BCUT2D eigenvalue weighted by atomic mass is 16.4. The number of hydrogen-bond acceptors (Lipinski definition) is 4. The number of aliphatic carboxylic acids is 1. The smallest absolute Gasteiger partial charge is 0.324 e. The van der Waals surface area contributed by atoms with Gasteiger partial charge in [-0.15, -0.1) is 5.10 Å². The van der Waals surface area contributed by atoms with Gasteiger partial charge >= 0.3 is 5.97 Å². The zero-order valence-corrected chi connectivity index (χ0v) is 6.09. The molecule has 0 spiro atoms. The lowest BCUT2D eigenvalue weighted by Gasteiger charge is -2.01. The van der Waals surface area contributed by atoms with Crippen molar-refractivity contribution in [3.63, 3.8) is 0 Å². The van der Waals surface area contributed by atoms with Crippen molar-refractivity contribution in [1.29, 1.82) is 0 Å². The highest BCUT2D eigenvalue weighted by molar-refractivity contribution is 5.77. The molecule has 0 heterocycles. The number of nitrogens with zero attached hydrogens (tertiary/aromatic N) is 1. The molecule has 0 aromatic carbocycles. The number of rotatable bonds is 4. The second-order valence-corrected chi connectivity index (χ2v) is 1.60. The predicted molar refractivity (Wildman–Crippen MR) is 39.5 cm³/mol. The van der Waals surface area contributed by atoms with Crippen LogP contribution < -0.4 is 22.0 Å². The second kappa shape index (κ2) is 5.30. The van der Waals surface area contributed by atoms with Crippen LogP contribution in [0.25, 0.3) is 0 Å². The van der Waals surface area contributed by atoms with E-state index in [2.05, 4.69) is 21.4 Å². The van der Waals surface area contributed by atoms with Crippen LogP contribution in [0, 0.1) is 0 Å². The van der Waals surface area contributed by atoms with Crippen LogP contribution in [0.2, 0.25) is 0 Å². The van der Waals surface area contributed by atoms with Crippen molar-refractivity contribution in [3.05, 3.63) is 0 Å². The molecular weight excluding hydrogens is 150 g/mol. The summed E-state index contributed by atoms with van der Waals surface area (Å²) in [4.78, 5) is 9.93. The summed E-state index contributed by atoms with van der Waals surface area (Å²) in [7, 11) is 1.61. The fourth-order valence-corrected chi connectivity index (χ4v) is 0.348. The summed E-state index contributed by atoms with van der Waals surface area (Å²) in [6.45, 7) is -0.258. The monoisotopic (exact) mass is 161 g/mol. The maximum atomic E-state index is 9.93. The Morgan fingerprint density at radius 2 is 2.36 bits per heavy atom. The fraction of sp³-hybridized carbons (Fsp3) is 0.500. The minimum Gasteiger partial charge on any atom is -0.480 e. The third-order valence-corrected chi connectivity index (χ3v) is 0.683. The van der Waals surface area contributed by atoms with Gasteiger partial charge in [-0.1, -0.05) is 0 Å². The van der Waals surface area contributed by atoms with E-state index < -0.39 is 5.97 Å². The number of carbonyl (C=O) groups is 1. The quantitative estimate of drug-likeness (QED) is 0.179. The zero-order chi connectivity index (χ0) is 8.69. The molecule has 0 bridgehead atoms. The second-order valence-electron chi connectivity index (χ2n) is 1.60. The van der Waals surface area contributed by atoms with Gasteiger partial charge in [0.25, 0.3) is 0 Å². The summed E-state index contributed by atoms with van der Waals surface area (Å²) < 4.78 is 0. The molecule has 6 N–H and O–H groups in total. The van der Waals surface area contributed by atoms with Crippen molar-refractivity contribution >= 4 is 11.9 Å². The van der Waals surface area contributed by atoms with E-state index in [9.17, 15) is 4.79 Å². The SMILES string of the molecule is CNNC(N)=NNCC(=O)O. The first-order chi connectivity index (χ1) is 5.16. The minimum atomic E-state index is -0.994. The summed E-state index contributed by atoms with van der Waals surface area (Å²) in [6, 6.07) is 0. The lowest BCUT2D eigenvalue weighted by Crippen LogP contribution is -2.41. The predicted octanol–water partition coefficient (Wildman–Crippen LogP) is -2.39. The third-order valence-electron chi connectivity index (χ3n) is 0.683. The standard InChI is InChI=1S/C4H11N5O2/c1-6-8-4(5)9-7-2-3(10)11/h6-7H,2H2,1H3,(H,10,11)(H3,5,8,9). The highest BCUT2D eigenvalue weighted by Crippen LogP contribution is 1.60.